The number of aliphatic hydroxyl groups excluding tert-OH is 5. The van der Waals surface area contributed by atoms with Gasteiger partial charge in [0.1, 0.15) is 24.4 Å². The Kier molecular flexibility index (Phi) is 8.31. The van der Waals surface area contributed by atoms with E-state index in [2.05, 4.69) is 23.8 Å². The second-order valence-electron chi connectivity index (χ2n) is 12.8. The molecule has 5 aliphatic rings. The van der Waals surface area contributed by atoms with Crippen molar-refractivity contribution in [1.82, 2.24) is 0 Å². The van der Waals surface area contributed by atoms with E-state index in [1.54, 1.807) is 0 Å². The number of aliphatic hydroxyl groups is 5. The molecule has 224 valence electrons. The first kappa shape index (κ1) is 29.8. The molecule has 0 radical (unpaired) electrons. The van der Waals surface area contributed by atoms with Crippen LogP contribution in [0.5, 0.6) is 0 Å². The molecule has 0 amide bonds. The SMILES string of the molecule is C=C[C@H]1CC[C@H]2[C@@H]3CC[C@H]4[C@@H](O[C@@H]5O[C@H](CO)[C@@H](O)[C@H](OS(=O)(=O)O)[C@H]5O)[C@@H](O)CC[C@]4(CO)[C@H]3CC[C@]12C. The van der Waals surface area contributed by atoms with Crippen molar-refractivity contribution < 1.29 is 52.2 Å². The molecule has 0 unspecified atom stereocenters. The van der Waals surface area contributed by atoms with E-state index in [1.165, 1.54) is 0 Å². The van der Waals surface area contributed by atoms with Gasteiger partial charge >= 0.3 is 10.4 Å². The van der Waals surface area contributed by atoms with Crippen LogP contribution >= 0.6 is 0 Å². The highest BCUT2D eigenvalue weighted by Gasteiger charge is 2.63. The van der Waals surface area contributed by atoms with Gasteiger partial charge in [0.15, 0.2) is 6.29 Å². The number of rotatable bonds is 7. The quantitative estimate of drug-likeness (QED) is 0.186. The molecule has 5 fully saturated rings. The van der Waals surface area contributed by atoms with E-state index in [9.17, 15) is 34.0 Å². The minimum atomic E-state index is -5.05. The van der Waals surface area contributed by atoms with Crippen molar-refractivity contribution in [2.24, 2.45) is 40.4 Å². The Morgan fingerprint density at radius 2 is 1.67 bits per heavy atom. The van der Waals surface area contributed by atoms with Crippen molar-refractivity contribution in [3.05, 3.63) is 12.7 Å². The molecule has 14 atom stereocenters. The summed E-state index contributed by atoms with van der Waals surface area (Å²) in [4.78, 5) is 0. The molecule has 4 saturated carbocycles. The Morgan fingerprint density at radius 3 is 2.31 bits per heavy atom. The average Bonchev–Trinajstić information content (AvgIpc) is 3.25. The van der Waals surface area contributed by atoms with E-state index in [1.807, 2.05) is 0 Å². The van der Waals surface area contributed by atoms with Crippen LogP contribution in [0.1, 0.15) is 58.3 Å². The third-order valence-electron chi connectivity index (χ3n) is 11.4. The van der Waals surface area contributed by atoms with Crippen LogP contribution in [-0.2, 0) is 24.1 Å². The monoisotopic (exact) mass is 576 g/mol. The fraction of sp³-hybridized carbons (Fsp3) is 0.926. The van der Waals surface area contributed by atoms with Crippen LogP contribution in [0.2, 0.25) is 0 Å². The molecule has 0 aromatic carbocycles. The smallest absolute Gasteiger partial charge is 0.396 e. The van der Waals surface area contributed by atoms with Crippen molar-refractivity contribution in [2.75, 3.05) is 13.2 Å². The standard InChI is InChI=1S/C27H44O11S/c1-3-14-4-6-16-15-5-7-18-23(19(30)9-11-27(18,13-29)17(15)8-10-26(14,16)2)37-25-22(32)24(38-39(33,34)35)21(31)20(12-28)36-25/h3,14-25,28-32H,1,4-13H2,2H3,(H,33,34,35)/t14-,15-,16-,17-,18-,19-,20+,21+,22+,23+,24-,25-,26+,27-/m0/s1. The van der Waals surface area contributed by atoms with Gasteiger partial charge in [0.2, 0.25) is 0 Å². The largest absolute Gasteiger partial charge is 0.397 e. The molecule has 0 aromatic heterocycles. The Bertz CT molecular complexity index is 1010. The molecule has 6 N–H and O–H groups in total. The highest BCUT2D eigenvalue weighted by atomic mass is 32.3. The Labute approximate surface area is 230 Å². The molecule has 11 nitrogen and oxygen atoms in total. The Balaban J connectivity index is 1.40. The minimum Gasteiger partial charge on any atom is -0.396 e. The van der Waals surface area contributed by atoms with Gasteiger partial charge in [-0.2, -0.15) is 8.42 Å². The fourth-order valence-electron chi connectivity index (χ4n) is 9.55. The summed E-state index contributed by atoms with van der Waals surface area (Å²) >= 11 is 0. The van der Waals surface area contributed by atoms with Crippen LogP contribution in [0.15, 0.2) is 12.7 Å². The number of fused-ring (bicyclic) bond motifs is 5. The van der Waals surface area contributed by atoms with E-state index in [0.29, 0.717) is 37.0 Å². The maximum atomic E-state index is 11.4. The lowest BCUT2D eigenvalue weighted by molar-refractivity contribution is -0.331. The third-order valence-corrected chi connectivity index (χ3v) is 11.9. The number of hydrogen-bond acceptors (Lipinski definition) is 10. The van der Waals surface area contributed by atoms with Crippen LogP contribution < -0.4 is 0 Å². The summed E-state index contributed by atoms with van der Waals surface area (Å²) in [7, 11) is -5.05. The van der Waals surface area contributed by atoms with Gasteiger partial charge in [-0.25, -0.2) is 4.18 Å². The average molecular weight is 577 g/mol. The van der Waals surface area contributed by atoms with Crippen LogP contribution in [0.25, 0.3) is 0 Å². The molecular formula is C27H44O11S. The van der Waals surface area contributed by atoms with Crippen LogP contribution in [0.3, 0.4) is 0 Å². The lowest BCUT2D eigenvalue weighted by Crippen LogP contribution is -2.64. The predicted octanol–water partition coefficient (Wildman–Crippen LogP) is 0.787. The summed E-state index contributed by atoms with van der Waals surface area (Å²) < 4.78 is 48.2. The van der Waals surface area contributed by atoms with Gasteiger partial charge in [-0.1, -0.05) is 13.0 Å². The van der Waals surface area contributed by atoms with Gasteiger partial charge in [-0.05, 0) is 86.4 Å². The molecule has 0 spiro atoms. The highest BCUT2D eigenvalue weighted by Crippen LogP contribution is 2.67. The fourth-order valence-corrected chi connectivity index (χ4v) is 10.1. The molecular weight excluding hydrogens is 532 g/mol. The highest BCUT2D eigenvalue weighted by molar-refractivity contribution is 7.80. The normalized spacial score (nSPS) is 52.0. The molecule has 39 heavy (non-hydrogen) atoms. The second-order valence-corrected chi connectivity index (χ2v) is 13.9. The van der Waals surface area contributed by atoms with Crippen molar-refractivity contribution in [3.8, 4) is 0 Å². The summed E-state index contributed by atoms with van der Waals surface area (Å²) in [5, 5.41) is 53.0. The summed E-state index contributed by atoms with van der Waals surface area (Å²) in [6.45, 7) is 5.70. The molecule has 5 rings (SSSR count). The van der Waals surface area contributed by atoms with Gasteiger partial charge in [0.05, 0.1) is 18.8 Å². The van der Waals surface area contributed by atoms with E-state index in [0.717, 1.165) is 32.1 Å². The third kappa shape index (κ3) is 4.92. The summed E-state index contributed by atoms with van der Waals surface area (Å²) in [5.74, 6) is 1.49. The topological polar surface area (TPSA) is 183 Å². The number of ether oxygens (including phenoxy) is 2. The van der Waals surface area contributed by atoms with Gasteiger partial charge in [-0.3, -0.25) is 4.55 Å². The number of allylic oxidation sites excluding steroid dienone is 1. The van der Waals surface area contributed by atoms with Gasteiger partial charge in [0, 0.05) is 12.0 Å². The second kappa shape index (κ2) is 10.9. The van der Waals surface area contributed by atoms with Crippen molar-refractivity contribution in [1.29, 1.82) is 0 Å². The molecule has 0 aromatic rings. The Hall–Kier alpha value is -0.670. The summed E-state index contributed by atoms with van der Waals surface area (Å²) in [6.07, 6.45) is -1.09. The molecule has 1 saturated heterocycles. The van der Waals surface area contributed by atoms with Crippen molar-refractivity contribution in [2.45, 2.75) is 101 Å². The molecule has 4 aliphatic carbocycles. The summed E-state index contributed by atoms with van der Waals surface area (Å²) in [5.41, 5.74) is -0.279. The zero-order chi connectivity index (χ0) is 28.3. The predicted molar refractivity (Wildman–Crippen MR) is 137 cm³/mol. The van der Waals surface area contributed by atoms with Crippen LogP contribution in [-0.4, -0.2) is 94.6 Å². The maximum Gasteiger partial charge on any atom is 0.397 e. The van der Waals surface area contributed by atoms with Crippen molar-refractivity contribution in [3.63, 3.8) is 0 Å². The molecule has 12 heteroatoms. The number of hydrogen-bond donors (Lipinski definition) is 6. The zero-order valence-electron chi connectivity index (χ0n) is 22.4. The van der Waals surface area contributed by atoms with Crippen LogP contribution in [0.4, 0.5) is 0 Å². The maximum absolute atomic E-state index is 11.4. The van der Waals surface area contributed by atoms with Gasteiger partial charge in [0.25, 0.3) is 0 Å². The lowest BCUT2D eigenvalue weighted by Gasteiger charge is -2.63. The first-order valence-corrected chi connectivity index (χ1v) is 15.6. The zero-order valence-corrected chi connectivity index (χ0v) is 23.2. The van der Waals surface area contributed by atoms with Gasteiger partial charge in [-0.15, -0.1) is 6.58 Å². The van der Waals surface area contributed by atoms with E-state index >= 15 is 0 Å². The first-order valence-electron chi connectivity index (χ1n) is 14.2. The first-order chi connectivity index (χ1) is 18.4. The van der Waals surface area contributed by atoms with Gasteiger partial charge < -0.3 is 35.0 Å². The van der Waals surface area contributed by atoms with Crippen LogP contribution in [0, 0.1) is 40.4 Å². The van der Waals surface area contributed by atoms with E-state index in [-0.39, 0.29) is 23.9 Å². The summed E-state index contributed by atoms with van der Waals surface area (Å²) in [6, 6.07) is 0. The van der Waals surface area contributed by atoms with Crippen molar-refractivity contribution >= 4 is 10.4 Å². The lowest BCUT2D eigenvalue weighted by atomic mass is 9.44. The van der Waals surface area contributed by atoms with E-state index < -0.39 is 65.3 Å². The molecule has 0 bridgehead atoms. The molecule has 1 heterocycles. The molecule has 1 aliphatic heterocycles. The van der Waals surface area contributed by atoms with E-state index in [4.69, 9.17) is 14.0 Å². The minimum absolute atomic E-state index is 0.0553. The Morgan fingerprint density at radius 1 is 0.949 bits per heavy atom.